The van der Waals surface area contributed by atoms with E-state index in [9.17, 15) is 8.42 Å². The molecule has 0 radical (unpaired) electrons. The summed E-state index contributed by atoms with van der Waals surface area (Å²) in [4.78, 5) is 6.89. The van der Waals surface area contributed by atoms with Gasteiger partial charge in [0, 0.05) is 41.9 Å². The van der Waals surface area contributed by atoms with Gasteiger partial charge in [-0.1, -0.05) is 18.2 Å². The van der Waals surface area contributed by atoms with E-state index in [1.807, 2.05) is 50.5 Å². The van der Waals surface area contributed by atoms with Crippen molar-refractivity contribution in [1.82, 2.24) is 4.98 Å². The molecule has 6 nitrogen and oxygen atoms in total. The quantitative estimate of drug-likeness (QED) is 0.475. The maximum absolute atomic E-state index is 11.4. The number of anilines is 4. The first-order valence-corrected chi connectivity index (χ1v) is 11.0. The molecule has 0 unspecified atom stereocenters. The molecular weight excluding hydrogens is 384 g/mol. The van der Waals surface area contributed by atoms with Crippen molar-refractivity contribution in [2.75, 3.05) is 35.3 Å². The minimum absolute atomic E-state index is 0.526. The van der Waals surface area contributed by atoms with E-state index in [0.717, 1.165) is 45.1 Å². The summed E-state index contributed by atoms with van der Waals surface area (Å²) in [5, 5.41) is 5.54. The van der Waals surface area contributed by atoms with Gasteiger partial charge in [0.05, 0.1) is 23.0 Å². The Balaban J connectivity index is 1.80. The Morgan fingerprint density at radius 2 is 1.48 bits per heavy atom. The highest BCUT2D eigenvalue weighted by atomic mass is 32.2. The van der Waals surface area contributed by atoms with Crippen LogP contribution in [0.5, 0.6) is 0 Å². The van der Waals surface area contributed by atoms with Gasteiger partial charge in [0.1, 0.15) is 0 Å². The third-order valence-electron chi connectivity index (χ3n) is 4.64. The standard InChI is InChI=1S/C22H22N4O2S/c1-26(2)17-12-13-19-21(14-17)24-20-7-5-4-6-18(20)22(19)23-15-8-10-16(11-9-15)25-29(3,27)28/h4-14,25H,1-3H3,(H,23,24). The van der Waals surface area contributed by atoms with Crippen LogP contribution >= 0.6 is 0 Å². The first kappa shape index (κ1) is 19.0. The lowest BCUT2D eigenvalue weighted by atomic mass is 10.1. The number of para-hydroxylation sites is 1. The van der Waals surface area contributed by atoms with Gasteiger partial charge < -0.3 is 10.2 Å². The number of rotatable bonds is 5. The Bertz CT molecular complexity index is 1300. The largest absolute Gasteiger partial charge is 0.378 e. The number of hydrogen-bond donors (Lipinski definition) is 2. The van der Waals surface area contributed by atoms with Crippen LogP contribution in [0.25, 0.3) is 21.8 Å². The lowest BCUT2D eigenvalue weighted by molar-refractivity contribution is 0.607. The van der Waals surface area contributed by atoms with E-state index in [0.29, 0.717) is 5.69 Å². The number of nitrogens with one attached hydrogen (secondary N) is 2. The van der Waals surface area contributed by atoms with Crippen LogP contribution in [0.3, 0.4) is 0 Å². The Kier molecular flexibility index (Phi) is 4.76. The number of hydrogen-bond acceptors (Lipinski definition) is 5. The van der Waals surface area contributed by atoms with Crippen molar-refractivity contribution in [1.29, 1.82) is 0 Å². The average molecular weight is 407 g/mol. The van der Waals surface area contributed by atoms with E-state index in [2.05, 4.69) is 33.1 Å². The summed E-state index contributed by atoms with van der Waals surface area (Å²) in [6, 6.07) is 21.4. The molecule has 0 bridgehead atoms. The molecule has 4 rings (SSSR count). The van der Waals surface area contributed by atoms with Crippen LogP contribution in [0.15, 0.2) is 66.7 Å². The maximum Gasteiger partial charge on any atom is 0.229 e. The zero-order valence-electron chi connectivity index (χ0n) is 16.5. The van der Waals surface area contributed by atoms with Gasteiger partial charge in [0.2, 0.25) is 10.0 Å². The monoisotopic (exact) mass is 406 g/mol. The minimum Gasteiger partial charge on any atom is -0.378 e. The van der Waals surface area contributed by atoms with Gasteiger partial charge in [-0.3, -0.25) is 4.72 Å². The van der Waals surface area contributed by atoms with Gasteiger partial charge in [-0.2, -0.15) is 0 Å². The summed E-state index contributed by atoms with van der Waals surface area (Å²) < 4.78 is 25.3. The highest BCUT2D eigenvalue weighted by Crippen LogP contribution is 2.34. The fourth-order valence-electron chi connectivity index (χ4n) is 3.27. The lowest BCUT2D eigenvalue weighted by Crippen LogP contribution is -2.09. The summed E-state index contributed by atoms with van der Waals surface area (Å²) in [6.45, 7) is 0. The van der Waals surface area contributed by atoms with E-state index in [1.165, 1.54) is 0 Å². The number of pyridine rings is 1. The topological polar surface area (TPSA) is 74.3 Å². The zero-order chi connectivity index (χ0) is 20.6. The molecule has 2 N–H and O–H groups in total. The first-order valence-electron chi connectivity index (χ1n) is 9.15. The second kappa shape index (κ2) is 7.25. The van der Waals surface area contributed by atoms with Crippen molar-refractivity contribution < 1.29 is 8.42 Å². The maximum atomic E-state index is 11.4. The molecule has 0 aliphatic rings. The van der Waals surface area contributed by atoms with Gasteiger partial charge >= 0.3 is 0 Å². The van der Waals surface area contributed by atoms with Gasteiger partial charge in [0.25, 0.3) is 0 Å². The predicted molar refractivity (Wildman–Crippen MR) is 122 cm³/mol. The molecule has 0 saturated heterocycles. The molecule has 0 aliphatic heterocycles. The molecule has 1 aromatic heterocycles. The van der Waals surface area contributed by atoms with Crippen molar-refractivity contribution in [3.63, 3.8) is 0 Å². The predicted octanol–water partition coefficient (Wildman–Crippen LogP) is 4.57. The van der Waals surface area contributed by atoms with Gasteiger partial charge in [-0.15, -0.1) is 0 Å². The number of nitrogens with zero attached hydrogens (tertiary/aromatic N) is 2. The molecule has 0 fully saturated rings. The Hall–Kier alpha value is -3.32. The molecule has 29 heavy (non-hydrogen) atoms. The van der Waals surface area contributed by atoms with E-state index in [4.69, 9.17) is 4.98 Å². The van der Waals surface area contributed by atoms with Crippen LogP contribution < -0.4 is 14.9 Å². The van der Waals surface area contributed by atoms with Crippen molar-refractivity contribution in [2.45, 2.75) is 0 Å². The van der Waals surface area contributed by atoms with Crippen LogP contribution in [-0.4, -0.2) is 33.8 Å². The minimum atomic E-state index is -3.30. The fraction of sp³-hybridized carbons (Fsp3) is 0.136. The Morgan fingerprint density at radius 1 is 0.828 bits per heavy atom. The van der Waals surface area contributed by atoms with Crippen molar-refractivity contribution in [2.24, 2.45) is 0 Å². The molecule has 1 heterocycles. The molecule has 0 atom stereocenters. The lowest BCUT2D eigenvalue weighted by Gasteiger charge is -2.17. The zero-order valence-corrected chi connectivity index (χ0v) is 17.3. The van der Waals surface area contributed by atoms with E-state index in [1.54, 1.807) is 12.1 Å². The van der Waals surface area contributed by atoms with Gasteiger partial charge in [-0.05, 0) is 48.5 Å². The normalized spacial score (nSPS) is 11.6. The first-order chi connectivity index (χ1) is 13.8. The van der Waals surface area contributed by atoms with Crippen LogP contribution in [-0.2, 0) is 10.0 Å². The summed E-state index contributed by atoms with van der Waals surface area (Å²) in [7, 11) is 0.714. The molecule has 4 aromatic rings. The molecule has 0 spiro atoms. The fourth-order valence-corrected chi connectivity index (χ4v) is 3.84. The van der Waals surface area contributed by atoms with E-state index < -0.39 is 10.0 Å². The molecule has 0 saturated carbocycles. The Morgan fingerprint density at radius 3 is 2.17 bits per heavy atom. The second-order valence-electron chi connectivity index (χ2n) is 7.18. The van der Waals surface area contributed by atoms with Crippen LogP contribution in [0.2, 0.25) is 0 Å². The molecule has 148 valence electrons. The van der Waals surface area contributed by atoms with Crippen LogP contribution in [0.1, 0.15) is 0 Å². The molecular formula is C22H22N4O2S. The summed E-state index contributed by atoms with van der Waals surface area (Å²) in [5.41, 5.74) is 5.26. The number of benzene rings is 3. The van der Waals surface area contributed by atoms with E-state index >= 15 is 0 Å². The third-order valence-corrected chi connectivity index (χ3v) is 5.25. The number of fused-ring (bicyclic) bond motifs is 2. The van der Waals surface area contributed by atoms with Crippen molar-refractivity contribution in [3.8, 4) is 0 Å². The number of aromatic nitrogens is 1. The molecule has 0 amide bonds. The summed E-state index contributed by atoms with van der Waals surface area (Å²) >= 11 is 0. The van der Waals surface area contributed by atoms with E-state index in [-0.39, 0.29) is 0 Å². The van der Waals surface area contributed by atoms with Crippen molar-refractivity contribution >= 4 is 54.6 Å². The SMILES string of the molecule is CN(C)c1ccc2c(Nc3ccc(NS(C)(=O)=O)cc3)c3ccccc3nc2c1. The van der Waals surface area contributed by atoms with Gasteiger partial charge in [-0.25, -0.2) is 13.4 Å². The summed E-state index contributed by atoms with van der Waals surface area (Å²) in [5.74, 6) is 0. The Labute approximate surface area is 170 Å². The second-order valence-corrected chi connectivity index (χ2v) is 8.92. The summed E-state index contributed by atoms with van der Waals surface area (Å²) in [6.07, 6.45) is 1.14. The average Bonchev–Trinajstić information content (AvgIpc) is 2.67. The van der Waals surface area contributed by atoms with Gasteiger partial charge in [0.15, 0.2) is 0 Å². The van der Waals surface area contributed by atoms with Crippen LogP contribution in [0, 0.1) is 0 Å². The highest BCUT2D eigenvalue weighted by molar-refractivity contribution is 7.92. The molecule has 7 heteroatoms. The number of sulfonamides is 1. The third kappa shape index (κ3) is 4.09. The smallest absolute Gasteiger partial charge is 0.229 e. The highest BCUT2D eigenvalue weighted by Gasteiger charge is 2.11. The van der Waals surface area contributed by atoms with Crippen LogP contribution in [0.4, 0.5) is 22.7 Å². The molecule has 0 aliphatic carbocycles. The van der Waals surface area contributed by atoms with Crippen molar-refractivity contribution in [3.05, 3.63) is 66.7 Å². The molecule has 3 aromatic carbocycles.